The lowest BCUT2D eigenvalue weighted by Gasteiger charge is -2.15. The van der Waals surface area contributed by atoms with E-state index in [-0.39, 0.29) is 5.02 Å². The molecule has 0 heterocycles. The highest BCUT2D eigenvalue weighted by atomic mass is 35.5. The SMILES string of the molecule is CCCNC(C(N)=O)c1cc(F)cc(Cl)c1. The second-order valence-electron chi connectivity index (χ2n) is 3.49. The Morgan fingerprint density at radius 1 is 1.56 bits per heavy atom. The van der Waals surface area contributed by atoms with Gasteiger partial charge in [0.05, 0.1) is 0 Å². The summed E-state index contributed by atoms with van der Waals surface area (Å²) in [5.41, 5.74) is 5.69. The van der Waals surface area contributed by atoms with Gasteiger partial charge in [-0.05, 0) is 36.7 Å². The van der Waals surface area contributed by atoms with Crippen molar-refractivity contribution in [3.8, 4) is 0 Å². The summed E-state index contributed by atoms with van der Waals surface area (Å²) >= 11 is 5.71. The van der Waals surface area contributed by atoms with E-state index in [0.29, 0.717) is 12.1 Å². The average molecular weight is 245 g/mol. The van der Waals surface area contributed by atoms with Gasteiger partial charge in [0, 0.05) is 5.02 Å². The Balaban J connectivity index is 2.96. The fraction of sp³-hybridized carbons (Fsp3) is 0.364. The Bertz CT molecular complexity index is 364. The number of hydrogen-bond donors (Lipinski definition) is 2. The van der Waals surface area contributed by atoms with Crippen molar-refractivity contribution >= 4 is 17.5 Å². The molecule has 1 aromatic carbocycles. The number of nitrogens with two attached hydrogens (primary N) is 1. The zero-order chi connectivity index (χ0) is 12.1. The Labute approximate surface area is 98.8 Å². The van der Waals surface area contributed by atoms with E-state index in [1.165, 1.54) is 18.2 Å². The summed E-state index contributed by atoms with van der Waals surface area (Å²) < 4.78 is 13.1. The first-order valence-electron chi connectivity index (χ1n) is 5.03. The predicted octanol–water partition coefficient (Wildman–Crippen LogP) is 2.01. The molecule has 0 aliphatic carbocycles. The van der Waals surface area contributed by atoms with Crippen molar-refractivity contribution in [3.63, 3.8) is 0 Å². The third kappa shape index (κ3) is 3.47. The predicted molar refractivity (Wildman–Crippen MR) is 61.6 cm³/mol. The van der Waals surface area contributed by atoms with Gasteiger partial charge in [-0.1, -0.05) is 18.5 Å². The lowest BCUT2D eigenvalue weighted by molar-refractivity contribution is -0.120. The first kappa shape index (κ1) is 12.9. The number of hydrogen-bond acceptors (Lipinski definition) is 2. The van der Waals surface area contributed by atoms with Crippen LogP contribution in [0.1, 0.15) is 24.9 Å². The third-order valence-corrected chi connectivity index (χ3v) is 2.32. The summed E-state index contributed by atoms with van der Waals surface area (Å²) in [4.78, 5) is 11.2. The fourth-order valence-electron chi connectivity index (χ4n) is 1.41. The third-order valence-electron chi connectivity index (χ3n) is 2.10. The van der Waals surface area contributed by atoms with Gasteiger partial charge in [0.2, 0.25) is 5.91 Å². The molecule has 0 saturated carbocycles. The van der Waals surface area contributed by atoms with Gasteiger partial charge in [-0.3, -0.25) is 4.79 Å². The minimum atomic E-state index is -0.701. The van der Waals surface area contributed by atoms with Crippen molar-refractivity contribution < 1.29 is 9.18 Å². The van der Waals surface area contributed by atoms with E-state index in [2.05, 4.69) is 5.32 Å². The quantitative estimate of drug-likeness (QED) is 0.833. The summed E-state index contributed by atoms with van der Waals surface area (Å²) in [6.07, 6.45) is 0.854. The molecular formula is C11H14ClFN2O. The summed E-state index contributed by atoms with van der Waals surface area (Å²) in [5.74, 6) is -1.03. The van der Waals surface area contributed by atoms with E-state index in [1.54, 1.807) is 0 Å². The molecule has 0 saturated heterocycles. The maximum atomic E-state index is 13.1. The number of rotatable bonds is 5. The molecule has 0 fully saturated rings. The molecule has 0 aromatic heterocycles. The summed E-state index contributed by atoms with van der Waals surface area (Å²) in [6.45, 7) is 2.59. The lowest BCUT2D eigenvalue weighted by atomic mass is 10.1. The van der Waals surface area contributed by atoms with E-state index >= 15 is 0 Å². The van der Waals surface area contributed by atoms with Crippen molar-refractivity contribution in [1.82, 2.24) is 5.32 Å². The molecule has 1 unspecified atom stereocenters. The first-order valence-corrected chi connectivity index (χ1v) is 5.41. The molecule has 1 rings (SSSR count). The molecule has 88 valence electrons. The van der Waals surface area contributed by atoms with Crippen LogP contribution in [-0.4, -0.2) is 12.5 Å². The molecule has 1 aromatic rings. The van der Waals surface area contributed by atoms with Gasteiger partial charge in [-0.2, -0.15) is 0 Å². The second-order valence-corrected chi connectivity index (χ2v) is 3.93. The largest absolute Gasteiger partial charge is 0.368 e. The molecule has 5 heteroatoms. The van der Waals surface area contributed by atoms with Gasteiger partial charge in [-0.15, -0.1) is 0 Å². The minimum absolute atomic E-state index is 0.250. The van der Waals surface area contributed by atoms with Crippen molar-refractivity contribution in [1.29, 1.82) is 0 Å². The number of nitrogens with one attached hydrogen (secondary N) is 1. The zero-order valence-electron chi connectivity index (χ0n) is 8.97. The molecule has 0 radical (unpaired) electrons. The van der Waals surface area contributed by atoms with Gasteiger partial charge in [0.1, 0.15) is 11.9 Å². The first-order chi connectivity index (χ1) is 7.54. The molecule has 0 aliphatic rings. The standard InChI is InChI=1S/C11H14ClFN2O/c1-2-3-15-10(11(14)16)7-4-8(12)6-9(13)5-7/h4-6,10,15H,2-3H2,1H3,(H2,14,16). The van der Waals surface area contributed by atoms with Crippen LogP contribution in [0.15, 0.2) is 18.2 Å². The van der Waals surface area contributed by atoms with Gasteiger partial charge >= 0.3 is 0 Å². The number of benzene rings is 1. The summed E-state index contributed by atoms with van der Waals surface area (Å²) in [6, 6.07) is 3.27. The van der Waals surface area contributed by atoms with Gasteiger partial charge in [0.25, 0.3) is 0 Å². The molecule has 3 N–H and O–H groups in total. The van der Waals surface area contributed by atoms with Crippen molar-refractivity contribution in [2.75, 3.05) is 6.54 Å². The Morgan fingerprint density at radius 3 is 2.75 bits per heavy atom. The zero-order valence-corrected chi connectivity index (χ0v) is 9.72. The summed E-state index contributed by atoms with van der Waals surface area (Å²) in [7, 11) is 0. The highest BCUT2D eigenvalue weighted by Gasteiger charge is 2.17. The molecule has 1 atom stereocenters. The molecule has 0 bridgehead atoms. The lowest BCUT2D eigenvalue weighted by Crippen LogP contribution is -2.34. The minimum Gasteiger partial charge on any atom is -0.368 e. The topological polar surface area (TPSA) is 55.1 Å². The van der Waals surface area contributed by atoms with E-state index < -0.39 is 17.8 Å². The van der Waals surface area contributed by atoms with Crippen LogP contribution in [-0.2, 0) is 4.79 Å². The number of halogens is 2. The monoisotopic (exact) mass is 244 g/mol. The highest BCUT2D eigenvalue weighted by molar-refractivity contribution is 6.30. The van der Waals surface area contributed by atoms with Crippen LogP contribution in [0.3, 0.4) is 0 Å². The van der Waals surface area contributed by atoms with E-state index in [1.807, 2.05) is 6.92 Å². The Kier molecular flexibility index (Phi) is 4.71. The fourth-order valence-corrected chi connectivity index (χ4v) is 1.64. The average Bonchev–Trinajstić information content (AvgIpc) is 2.16. The molecular weight excluding hydrogens is 231 g/mol. The second kappa shape index (κ2) is 5.82. The highest BCUT2D eigenvalue weighted by Crippen LogP contribution is 2.19. The Morgan fingerprint density at radius 2 is 2.25 bits per heavy atom. The van der Waals surface area contributed by atoms with Crippen LogP contribution >= 0.6 is 11.6 Å². The molecule has 16 heavy (non-hydrogen) atoms. The smallest absolute Gasteiger partial charge is 0.239 e. The molecule has 0 spiro atoms. The number of primary amides is 1. The Hall–Kier alpha value is -1.13. The molecule has 1 amide bonds. The van der Waals surface area contributed by atoms with Crippen molar-refractivity contribution in [2.45, 2.75) is 19.4 Å². The van der Waals surface area contributed by atoms with Crippen LogP contribution in [0, 0.1) is 5.82 Å². The van der Waals surface area contributed by atoms with Crippen molar-refractivity contribution in [3.05, 3.63) is 34.6 Å². The van der Waals surface area contributed by atoms with Crippen molar-refractivity contribution in [2.24, 2.45) is 5.73 Å². The maximum Gasteiger partial charge on any atom is 0.239 e. The van der Waals surface area contributed by atoms with Gasteiger partial charge in [-0.25, -0.2) is 4.39 Å². The van der Waals surface area contributed by atoms with Crippen LogP contribution in [0.25, 0.3) is 0 Å². The van der Waals surface area contributed by atoms with Gasteiger partial charge < -0.3 is 11.1 Å². The number of amides is 1. The molecule has 3 nitrogen and oxygen atoms in total. The van der Waals surface area contributed by atoms with Crippen LogP contribution in [0.2, 0.25) is 5.02 Å². The van der Waals surface area contributed by atoms with E-state index in [4.69, 9.17) is 17.3 Å². The molecule has 0 aliphatic heterocycles. The van der Waals surface area contributed by atoms with Crippen LogP contribution in [0.5, 0.6) is 0 Å². The van der Waals surface area contributed by atoms with E-state index in [0.717, 1.165) is 6.42 Å². The number of carbonyl (C=O) groups excluding carboxylic acids is 1. The van der Waals surface area contributed by atoms with Crippen LogP contribution in [0.4, 0.5) is 4.39 Å². The van der Waals surface area contributed by atoms with E-state index in [9.17, 15) is 9.18 Å². The maximum absolute atomic E-state index is 13.1. The normalized spacial score (nSPS) is 12.4. The van der Waals surface area contributed by atoms with Gasteiger partial charge in [0.15, 0.2) is 0 Å². The summed E-state index contributed by atoms with van der Waals surface area (Å²) in [5, 5.41) is 3.19. The van der Waals surface area contributed by atoms with Crippen LogP contribution < -0.4 is 11.1 Å². The number of carbonyl (C=O) groups is 1.